The molecule has 1 aromatic heterocycles. The van der Waals surface area contributed by atoms with Crippen molar-refractivity contribution in [1.82, 2.24) is 4.98 Å². The van der Waals surface area contributed by atoms with E-state index in [1.54, 1.807) is 0 Å². The van der Waals surface area contributed by atoms with Gasteiger partial charge in [-0.2, -0.15) is 0 Å². The van der Waals surface area contributed by atoms with Gasteiger partial charge in [-0.3, -0.25) is 4.98 Å². The summed E-state index contributed by atoms with van der Waals surface area (Å²) in [6.07, 6.45) is 1.88. The van der Waals surface area contributed by atoms with Crippen molar-refractivity contribution in [3.63, 3.8) is 0 Å². The lowest BCUT2D eigenvalue weighted by atomic mass is 9.97. The number of pyridine rings is 1. The van der Waals surface area contributed by atoms with Crippen LogP contribution in [0.25, 0.3) is 0 Å². The number of aryl methyl sites for hydroxylation is 4. The first-order chi connectivity index (χ1) is 8.47. The van der Waals surface area contributed by atoms with Crippen LogP contribution in [0, 0.1) is 27.7 Å². The number of rotatable bonds is 2. The van der Waals surface area contributed by atoms with Gasteiger partial charge in [-0.15, -0.1) is 0 Å². The minimum atomic E-state index is -0.149. The van der Waals surface area contributed by atoms with Crippen molar-refractivity contribution in [2.45, 2.75) is 33.7 Å². The zero-order valence-electron chi connectivity index (χ0n) is 11.5. The van der Waals surface area contributed by atoms with Crippen molar-refractivity contribution in [3.8, 4) is 0 Å². The molecule has 0 radical (unpaired) electrons. The van der Waals surface area contributed by atoms with Gasteiger partial charge in [-0.25, -0.2) is 0 Å². The van der Waals surface area contributed by atoms with Crippen molar-refractivity contribution < 1.29 is 0 Å². The van der Waals surface area contributed by atoms with E-state index < -0.39 is 0 Å². The van der Waals surface area contributed by atoms with Gasteiger partial charge in [0.1, 0.15) is 0 Å². The quantitative estimate of drug-likeness (QED) is 0.874. The van der Waals surface area contributed by atoms with E-state index in [0.29, 0.717) is 0 Å². The van der Waals surface area contributed by atoms with Crippen LogP contribution in [-0.4, -0.2) is 4.98 Å². The lowest BCUT2D eigenvalue weighted by Gasteiger charge is -2.16. The smallest absolute Gasteiger partial charge is 0.0729 e. The van der Waals surface area contributed by atoms with Crippen LogP contribution in [0.3, 0.4) is 0 Å². The molecule has 2 heteroatoms. The second-order valence-corrected chi connectivity index (χ2v) is 5.11. The molecule has 0 aliphatic heterocycles. The van der Waals surface area contributed by atoms with Gasteiger partial charge in [0.05, 0.1) is 11.7 Å². The SMILES string of the molecule is Cc1cc(C)cc(C(N)c2ncc(C)cc2C)c1. The number of nitrogens with two attached hydrogens (primary N) is 1. The first-order valence-electron chi connectivity index (χ1n) is 6.24. The number of aromatic nitrogens is 1. The fourth-order valence-electron chi connectivity index (χ4n) is 2.40. The van der Waals surface area contributed by atoms with Crippen LogP contribution < -0.4 is 5.73 Å². The van der Waals surface area contributed by atoms with E-state index in [9.17, 15) is 0 Å². The van der Waals surface area contributed by atoms with E-state index in [-0.39, 0.29) is 6.04 Å². The standard InChI is InChI=1S/C16H20N2/c1-10-5-11(2)8-14(7-10)15(17)16-13(4)6-12(3)9-18-16/h5-9,15H,17H2,1-4H3. The minimum Gasteiger partial charge on any atom is -0.319 e. The predicted octanol–water partition coefficient (Wildman–Crippen LogP) is 3.36. The Labute approximate surface area is 109 Å². The van der Waals surface area contributed by atoms with E-state index in [1.165, 1.54) is 16.7 Å². The molecule has 0 aliphatic carbocycles. The highest BCUT2D eigenvalue weighted by Gasteiger charge is 2.13. The maximum Gasteiger partial charge on any atom is 0.0729 e. The highest BCUT2D eigenvalue weighted by Crippen LogP contribution is 2.23. The van der Waals surface area contributed by atoms with E-state index in [1.807, 2.05) is 13.1 Å². The number of benzene rings is 1. The Morgan fingerprint density at radius 1 is 0.889 bits per heavy atom. The average Bonchev–Trinajstić information content (AvgIpc) is 2.26. The lowest BCUT2D eigenvalue weighted by molar-refractivity contribution is 0.813. The first-order valence-corrected chi connectivity index (χ1v) is 6.24. The Hall–Kier alpha value is -1.67. The van der Waals surface area contributed by atoms with Crippen LogP contribution in [0.2, 0.25) is 0 Å². The molecule has 1 atom stereocenters. The number of hydrogen-bond acceptors (Lipinski definition) is 2. The Morgan fingerprint density at radius 3 is 2.06 bits per heavy atom. The molecule has 1 heterocycles. The summed E-state index contributed by atoms with van der Waals surface area (Å²) in [5.41, 5.74) is 13.2. The van der Waals surface area contributed by atoms with Gasteiger partial charge in [0.25, 0.3) is 0 Å². The molecule has 2 aromatic rings. The molecule has 18 heavy (non-hydrogen) atoms. The average molecular weight is 240 g/mol. The normalized spacial score (nSPS) is 12.5. The van der Waals surface area contributed by atoms with Gasteiger partial charge in [0, 0.05) is 6.20 Å². The molecular formula is C16H20N2. The van der Waals surface area contributed by atoms with Crippen LogP contribution >= 0.6 is 0 Å². The maximum absolute atomic E-state index is 6.34. The number of hydrogen-bond donors (Lipinski definition) is 1. The maximum atomic E-state index is 6.34. The molecule has 0 aliphatic rings. The molecule has 0 fully saturated rings. The molecule has 0 amide bonds. The Balaban J connectivity index is 2.44. The van der Waals surface area contributed by atoms with Crippen molar-refractivity contribution in [3.05, 3.63) is 64.0 Å². The summed E-state index contributed by atoms with van der Waals surface area (Å²) in [6, 6.07) is 8.41. The summed E-state index contributed by atoms with van der Waals surface area (Å²) in [6.45, 7) is 8.31. The summed E-state index contributed by atoms with van der Waals surface area (Å²) in [5.74, 6) is 0. The fourth-order valence-corrected chi connectivity index (χ4v) is 2.40. The van der Waals surface area contributed by atoms with Gasteiger partial charge in [0.15, 0.2) is 0 Å². The monoisotopic (exact) mass is 240 g/mol. The highest BCUT2D eigenvalue weighted by atomic mass is 14.8. The molecule has 2 N–H and O–H groups in total. The van der Waals surface area contributed by atoms with Crippen LogP contribution in [0.4, 0.5) is 0 Å². The van der Waals surface area contributed by atoms with Crippen LogP contribution in [-0.2, 0) is 0 Å². The van der Waals surface area contributed by atoms with Crippen molar-refractivity contribution in [2.24, 2.45) is 5.73 Å². The molecule has 94 valence electrons. The van der Waals surface area contributed by atoms with Gasteiger partial charge >= 0.3 is 0 Å². The summed E-state index contributed by atoms with van der Waals surface area (Å²) >= 11 is 0. The highest BCUT2D eigenvalue weighted by molar-refractivity contribution is 5.37. The summed E-state index contributed by atoms with van der Waals surface area (Å²) < 4.78 is 0. The second-order valence-electron chi connectivity index (χ2n) is 5.11. The molecule has 0 saturated carbocycles. The molecule has 1 aromatic carbocycles. The largest absolute Gasteiger partial charge is 0.319 e. The van der Waals surface area contributed by atoms with E-state index in [4.69, 9.17) is 5.73 Å². The topological polar surface area (TPSA) is 38.9 Å². The van der Waals surface area contributed by atoms with Gasteiger partial charge in [-0.1, -0.05) is 35.4 Å². The summed E-state index contributed by atoms with van der Waals surface area (Å²) in [5, 5.41) is 0. The number of nitrogens with zero attached hydrogens (tertiary/aromatic N) is 1. The van der Waals surface area contributed by atoms with Crippen LogP contribution in [0.5, 0.6) is 0 Å². The molecule has 0 saturated heterocycles. The fraction of sp³-hybridized carbons (Fsp3) is 0.312. The molecule has 0 bridgehead atoms. The third-order valence-electron chi connectivity index (χ3n) is 3.15. The lowest BCUT2D eigenvalue weighted by Crippen LogP contribution is -2.15. The molecule has 1 unspecified atom stereocenters. The van der Waals surface area contributed by atoms with Crippen LogP contribution in [0.1, 0.15) is 39.6 Å². The van der Waals surface area contributed by atoms with Crippen molar-refractivity contribution >= 4 is 0 Å². The van der Waals surface area contributed by atoms with Gasteiger partial charge in [0.2, 0.25) is 0 Å². The van der Waals surface area contributed by atoms with E-state index in [2.05, 4.69) is 50.0 Å². The Kier molecular flexibility index (Phi) is 3.48. The third kappa shape index (κ3) is 2.59. The van der Waals surface area contributed by atoms with Gasteiger partial charge < -0.3 is 5.73 Å². The molecular weight excluding hydrogens is 220 g/mol. The van der Waals surface area contributed by atoms with E-state index in [0.717, 1.165) is 16.8 Å². The molecule has 2 nitrogen and oxygen atoms in total. The summed E-state index contributed by atoms with van der Waals surface area (Å²) in [4.78, 5) is 4.49. The first kappa shape index (κ1) is 12.8. The summed E-state index contributed by atoms with van der Waals surface area (Å²) in [7, 11) is 0. The zero-order valence-corrected chi connectivity index (χ0v) is 11.5. The zero-order chi connectivity index (χ0) is 13.3. The van der Waals surface area contributed by atoms with Crippen LogP contribution in [0.15, 0.2) is 30.5 Å². The second kappa shape index (κ2) is 4.91. The Morgan fingerprint density at radius 2 is 1.50 bits per heavy atom. The Bertz CT molecular complexity index is 553. The molecule has 2 rings (SSSR count). The van der Waals surface area contributed by atoms with E-state index >= 15 is 0 Å². The van der Waals surface area contributed by atoms with Gasteiger partial charge in [-0.05, 0) is 44.4 Å². The third-order valence-corrected chi connectivity index (χ3v) is 3.15. The van der Waals surface area contributed by atoms with Crippen molar-refractivity contribution in [2.75, 3.05) is 0 Å². The predicted molar refractivity (Wildman–Crippen MR) is 75.7 cm³/mol. The van der Waals surface area contributed by atoms with Crippen molar-refractivity contribution in [1.29, 1.82) is 0 Å². The minimum absolute atomic E-state index is 0.149. The molecule has 0 spiro atoms.